The van der Waals surface area contributed by atoms with Crippen molar-refractivity contribution in [1.29, 1.82) is 0 Å². The van der Waals surface area contributed by atoms with Gasteiger partial charge in [-0.1, -0.05) is 24.3 Å². The van der Waals surface area contributed by atoms with E-state index in [0.29, 0.717) is 11.5 Å². The molecule has 3 nitrogen and oxygen atoms in total. The highest BCUT2D eigenvalue weighted by Gasteiger charge is 2.60. The summed E-state index contributed by atoms with van der Waals surface area (Å²) >= 11 is 0. The van der Waals surface area contributed by atoms with Crippen LogP contribution in [0.5, 0.6) is 0 Å². The van der Waals surface area contributed by atoms with Crippen molar-refractivity contribution in [2.75, 3.05) is 45.9 Å². The molecule has 0 amide bonds. The number of allylic oxidation sites excluding steroid dienone is 1. The predicted octanol–water partition coefficient (Wildman–Crippen LogP) is 2.08. The highest BCUT2D eigenvalue weighted by Crippen LogP contribution is 2.62. The van der Waals surface area contributed by atoms with Crippen molar-refractivity contribution in [2.45, 2.75) is 18.9 Å². The van der Waals surface area contributed by atoms with Crippen molar-refractivity contribution in [3.05, 3.63) is 36.5 Å². The van der Waals surface area contributed by atoms with E-state index in [-0.39, 0.29) is 0 Å². The number of morpholine rings is 1. The molecule has 0 spiro atoms. The van der Waals surface area contributed by atoms with Crippen LogP contribution in [-0.2, 0) is 4.74 Å². The van der Waals surface area contributed by atoms with E-state index in [4.69, 9.17) is 4.74 Å². The summed E-state index contributed by atoms with van der Waals surface area (Å²) in [5, 5.41) is 0. The number of hydrogen-bond donors (Lipinski definition) is 0. The van der Waals surface area contributed by atoms with Crippen LogP contribution in [0.2, 0.25) is 0 Å². The minimum atomic E-state index is 0.496. The molecule has 2 aliphatic carbocycles. The van der Waals surface area contributed by atoms with Crippen molar-refractivity contribution < 1.29 is 4.74 Å². The van der Waals surface area contributed by atoms with E-state index in [9.17, 15) is 0 Å². The lowest BCUT2D eigenvalue weighted by Crippen LogP contribution is -2.43. The lowest BCUT2D eigenvalue weighted by Gasteiger charge is -2.34. The van der Waals surface area contributed by atoms with Gasteiger partial charge in [0.2, 0.25) is 0 Å². The summed E-state index contributed by atoms with van der Waals surface area (Å²) in [6, 6.07) is 0.594. The number of likely N-dealkylation sites (tertiary alicyclic amines) is 1. The average molecular weight is 286 g/mol. The Balaban J connectivity index is 1.39. The third-order valence-corrected chi connectivity index (χ3v) is 5.77. The lowest BCUT2D eigenvalue weighted by molar-refractivity contribution is 0.0258. The monoisotopic (exact) mass is 286 g/mol. The SMILES string of the molecule is C=CCN1CC2CC2(C2=CCC(N3CCOCC3)C=C2)C1. The Morgan fingerprint density at radius 2 is 2.24 bits per heavy atom. The summed E-state index contributed by atoms with van der Waals surface area (Å²) in [5.74, 6) is 0.897. The van der Waals surface area contributed by atoms with Crippen LogP contribution in [0, 0.1) is 11.3 Å². The highest BCUT2D eigenvalue weighted by atomic mass is 16.5. The van der Waals surface area contributed by atoms with E-state index in [1.165, 1.54) is 25.9 Å². The minimum Gasteiger partial charge on any atom is -0.379 e. The Kier molecular flexibility index (Phi) is 3.52. The second-order valence-electron chi connectivity index (χ2n) is 7.01. The van der Waals surface area contributed by atoms with E-state index in [2.05, 4.69) is 34.6 Å². The Morgan fingerprint density at radius 3 is 2.95 bits per heavy atom. The fourth-order valence-corrected chi connectivity index (χ4v) is 4.51. The van der Waals surface area contributed by atoms with Gasteiger partial charge in [-0.15, -0.1) is 6.58 Å². The van der Waals surface area contributed by atoms with E-state index in [0.717, 1.165) is 38.8 Å². The Labute approximate surface area is 127 Å². The molecule has 3 atom stereocenters. The fraction of sp³-hybridized carbons (Fsp3) is 0.667. The lowest BCUT2D eigenvalue weighted by atomic mass is 9.88. The second kappa shape index (κ2) is 5.38. The van der Waals surface area contributed by atoms with Gasteiger partial charge in [0.1, 0.15) is 0 Å². The summed E-state index contributed by atoms with van der Waals surface area (Å²) in [4.78, 5) is 5.12. The number of nitrogens with zero attached hydrogens (tertiary/aromatic N) is 2. The molecule has 0 aromatic heterocycles. The van der Waals surface area contributed by atoms with Crippen LogP contribution in [0.4, 0.5) is 0 Å². The zero-order chi connectivity index (χ0) is 14.3. The van der Waals surface area contributed by atoms with Crippen molar-refractivity contribution in [3.8, 4) is 0 Å². The molecule has 2 aliphatic heterocycles. The first-order chi connectivity index (χ1) is 10.3. The summed E-state index contributed by atoms with van der Waals surface area (Å²) < 4.78 is 5.46. The molecule has 4 rings (SSSR count). The molecule has 3 unspecified atom stereocenters. The van der Waals surface area contributed by atoms with Gasteiger partial charge in [-0.3, -0.25) is 9.80 Å². The maximum atomic E-state index is 5.46. The maximum Gasteiger partial charge on any atom is 0.0594 e. The molecular formula is C18H26N2O. The molecule has 0 aromatic rings. The second-order valence-corrected chi connectivity index (χ2v) is 7.01. The van der Waals surface area contributed by atoms with Crippen LogP contribution >= 0.6 is 0 Å². The smallest absolute Gasteiger partial charge is 0.0594 e. The summed E-state index contributed by atoms with van der Waals surface area (Å²) in [7, 11) is 0. The molecule has 0 N–H and O–H groups in total. The van der Waals surface area contributed by atoms with Gasteiger partial charge in [0.15, 0.2) is 0 Å². The average Bonchev–Trinajstić information content (AvgIpc) is 3.11. The van der Waals surface area contributed by atoms with Crippen LogP contribution in [0.15, 0.2) is 36.5 Å². The first-order valence-electron chi connectivity index (χ1n) is 8.36. The van der Waals surface area contributed by atoms with Gasteiger partial charge >= 0.3 is 0 Å². The zero-order valence-corrected chi connectivity index (χ0v) is 12.8. The summed E-state index contributed by atoms with van der Waals surface area (Å²) in [6.07, 6.45) is 12.0. The molecule has 4 aliphatic rings. The van der Waals surface area contributed by atoms with Gasteiger partial charge in [0, 0.05) is 44.2 Å². The Bertz CT molecular complexity index is 478. The Morgan fingerprint density at radius 1 is 1.38 bits per heavy atom. The molecule has 3 heteroatoms. The topological polar surface area (TPSA) is 15.7 Å². The zero-order valence-electron chi connectivity index (χ0n) is 12.8. The van der Waals surface area contributed by atoms with Gasteiger partial charge < -0.3 is 4.74 Å². The summed E-state index contributed by atoms with van der Waals surface area (Å²) in [6.45, 7) is 11.4. The van der Waals surface area contributed by atoms with E-state index < -0.39 is 0 Å². The van der Waals surface area contributed by atoms with Gasteiger partial charge in [-0.25, -0.2) is 0 Å². The third kappa shape index (κ3) is 2.41. The molecule has 2 saturated heterocycles. The third-order valence-electron chi connectivity index (χ3n) is 5.77. The van der Waals surface area contributed by atoms with E-state index in [1.54, 1.807) is 5.57 Å². The standard InChI is InChI=1S/C18H26N2O/c1-2-7-19-13-16-12-18(16,14-19)15-3-5-17(6-4-15)20-8-10-21-11-9-20/h2-5,16-17H,1,6-14H2. The van der Waals surface area contributed by atoms with Gasteiger partial charge in [0.05, 0.1) is 13.2 Å². The number of rotatable bonds is 4. The number of ether oxygens (including phenoxy) is 1. The molecule has 0 radical (unpaired) electrons. The first-order valence-corrected chi connectivity index (χ1v) is 8.36. The molecule has 21 heavy (non-hydrogen) atoms. The number of fused-ring (bicyclic) bond motifs is 1. The van der Waals surface area contributed by atoms with Crippen LogP contribution in [-0.4, -0.2) is 61.8 Å². The minimum absolute atomic E-state index is 0.496. The largest absolute Gasteiger partial charge is 0.379 e. The molecule has 114 valence electrons. The normalized spacial score (nSPS) is 39.9. The number of piperidine rings is 1. The highest BCUT2D eigenvalue weighted by molar-refractivity contribution is 5.40. The van der Waals surface area contributed by atoms with Crippen LogP contribution in [0.3, 0.4) is 0 Å². The van der Waals surface area contributed by atoms with Crippen LogP contribution < -0.4 is 0 Å². The quantitative estimate of drug-likeness (QED) is 0.736. The van der Waals surface area contributed by atoms with E-state index >= 15 is 0 Å². The molecule has 0 aromatic carbocycles. The molecule has 0 bridgehead atoms. The molecule has 3 fully saturated rings. The predicted molar refractivity (Wildman–Crippen MR) is 85.2 cm³/mol. The Hall–Kier alpha value is -0.900. The van der Waals surface area contributed by atoms with Crippen molar-refractivity contribution in [1.82, 2.24) is 9.80 Å². The van der Waals surface area contributed by atoms with Crippen molar-refractivity contribution in [3.63, 3.8) is 0 Å². The number of hydrogen-bond acceptors (Lipinski definition) is 3. The molecule has 1 saturated carbocycles. The van der Waals surface area contributed by atoms with Gasteiger partial charge in [-0.05, 0) is 24.3 Å². The van der Waals surface area contributed by atoms with Gasteiger partial charge in [-0.2, -0.15) is 0 Å². The first kappa shape index (κ1) is 13.7. The molecule has 2 heterocycles. The van der Waals surface area contributed by atoms with Gasteiger partial charge in [0.25, 0.3) is 0 Å². The summed E-state index contributed by atoms with van der Waals surface area (Å²) in [5.41, 5.74) is 2.11. The van der Waals surface area contributed by atoms with Crippen molar-refractivity contribution in [2.24, 2.45) is 11.3 Å². The fourth-order valence-electron chi connectivity index (χ4n) is 4.51. The molecular weight excluding hydrogens is 260 g/mol. The van der Waals surface area contributed by atoms with Crippen LogP contribution in [0.1, 0.15) is 12.8 Å². The van der Waals surface area contributed by atoms with Crippen molar-refractivity contribution >= 4 is 0 Å². The van der Waals surface area contributed by atoms with E-state index in [1.807, 2.05) is 6.08 Å². The maximum absolute atomic E-state index is 5.46. The van der Waals surface area contributed by atoms with Crippen LogP contribution in [0.25, 0.3) is 0 Å².